The Balaban J connectivity index is 1.96. The molecule has 0 saturated heterocycles. The third kappa shape index (κ3) is 6.64. The molecule has 0 unspecified atom stereocenters. The highest BCUT2D eigenvalue weighted by Crippen LogP contribution is 2.43. The van der Waals surface area contributed by atoms with Crippen molar-refractivity contribution in [3.63, 3.8) is 0 Å². The summed E-state index contributed by atoms with van der Waals surface area (Å²) in [5.74, 6) is -1.50. The number of hydrogen-bond donors (Lipinski definition) is 1. The Kier molecular flexibility index (Phi) is 7.86. The highest BCUT2D eigenvalue weighted by atomic mass is 31.2. The van der Waals surface area contributed by atoms with E-state index in [-0.39, 0.29) is 0 Å². The molecule has 1 N–H and O–H groups in total. The van der Waals surface area contributed by atoms with Crippen molar-refractivity contribution in [3.05, 3.63) is 33.1 Å². The Bertz CT molecular complexity index is 1070. The number of aromatic nitrogens is 8. The van der Waals surface area contributed by atoms with Crippen molar-refractivity contribution in [2.75, 3.05) is 14.2 Å². The maximum Gasteiger partial charge on any atom is 0.475 e. The van der Waals surface area contributed by atoms with E-state index in [9.17, 15) is 28.6 Å². The van der Waals surface area contributed by atoms with Gasteiger partial charge in [0.25, 0.3) is 0 Å². The van der Waals surface area contributed by atoms with Crippen LogP contribution < -0.4 is 11.4 Å². The molecule has 0 bridgehead atoms. The summed E-state index contributed by atoms with van der Waals surface area (Å²) in [6.07, 6.45) is 3.70. The lowest BCUT2D eigenvalue weighted by atomic mass is 10.6. The number of esters is 2. The number of phosphoric ester groups is 1. The summed E-state index contributed by atoms with van der Waals surface area (Å²) in [7, 11) is -2.51. The lowest BCUT2D eigenvalue weighted by Crippen LogP contribution is -2.25. The molecule has 0 aliphatic carbocycles. The predicted molar refractivity (Wildman–Crippen MR) is 95.3 cm³/mol. The molecule has 0 atom stereocenters. The van der Waals surface area contributed by atoms with Crippen LogP contribution in [0, 0.1) is 0 Å². The summed E-state index contributed by atoms with van der Waals surface area (Å²) in [5, 5.41) is 13.5. The van der Waals surface area contributed by atoms with E-state index < -0.39 is 44.6 Å². The van der Waals surface area contributed by atoms with Gasteiger partial charge in [-0.2, -0.15) is 18.7 Å². The van der Waals surface area contributed by atoms with E-state index in [2.05, 4.69) is 39.4 Å². The summed E-state index contributed by atoms with van der Waals surface area (Å²) < 4.78 is 32.2. The Morgan fingerprint density at radius 1 is 0.871 bits per heavy atom. The minimum atomic E-state index is -4.77. The van der Waals surface area contributed by atoms with E-state index in [0.29, 0.717) is 18.7 Å². The number of ether oxygens (including phenoxy) is 2. The average molecular weight is 462 g/mol. The first-order chi connectivity index (χ1) is 14.7. The van der Waals surface area contributed by atoms with Crippen LogP contribution in [0.5, 0.6) is 0 Å². The first-order valence-electron chi connectivity index (χ1n) is 7.85. The van der Waals surface area contributed by atoms with Crippen molar-refractivity contribution in [1.29, 1.82) is 0 Å². The zero-order valence-electron chi connectivity index (χ0n) is 15.9. The molecule has 18 nitrogen and oxygen atoms in total. The second kappa shape index (κ2) is 10.3. The van der Waals surface area contributed by atoms with Crippen molar-refractivity contribution in [2.45, 2.75) is 13.5 Å². The van der Waals surface area contributed by atoms with Gasteiger partial charge in [0.2, 0.25) is 0 Å². The molecule has 0 aliphatic rings. The van der Waals surface area contributed by atoms with Crippen LogP contribution in [0.25, 0.3) is 12.4 Å². The summed E-state index contributed by atoms with van der Waals surface area (Å²) in [4.78, 5) is 55.6. The molecular weight excluding hydrogens is 447 g/mol. The first kappa shape index (κ1) is 23.5. The van der Waals surface area contributed by atoms with Crippen molar-refractivity contribution in [1.82, 2.24) is 39.6 Å². The van der Waals surface area contributed by atoms with Crippen LogP contribution in [0.2, 0.25) is 0 Å². The van der Waals surface area contributed by atoms with Gasteiger partial charge < -0.3 is 14.4 Å². The van der Waals surface area contributed by atoms with Crippen molar-refractivity contribution in [2.24, 2.45) is 0 Å². The molecule has 31 heavy (non-hydrogen) atoms. The zero-order valence-corrected chi connectivity index (χ0v) is 16.8. The quantitative estimate of drug-likeness (QED) is 0.215. The maximum atomic E-state index is 11.9. The molecule has 0 amide bonds. The Hall–Kier alpha value is -3.73. The Morgan fingerprint density at radius 2 is 1.26 bits per heavy atom. The smallest absolute Gasteiger partial charge is 0.466 e. The molecule has 0 saturated carbocycles. The number of methoxy groups -OCH3 is 2. The molecule has 168 valence electrons. The van der Waals surface area contributed by atoms with Crippen molar-refractivity contribution < 1.29 is 37.6 Å². The second-order valence-electron chi connectivity index (χ2n) is 5.07. The second-order valence-corrected chi connectivity index (χ2v) is 6.53. The van der Waals surface area contributed by atoms with E-state index in [1.165, 1.54) is 0 Å². The fourth-order valence-electron chi connectivity index (χ4n) is 1.61. The van der Waals surface area contributed by atoms with Crippen LogP contribution in [-0.2, 0) is 46.1 Å². The van der Waals surface area contributed by atoms with Gasteiger partial charge in [-0.05, 0) is 20.9 Å². The van der Waals surface area contributed by atoms with Crippen LogP contribution in [-0.4, -0.2) is 70.6 Å². The fraction of sp³-hybridized carbons (Fsp3) is 0.333. The lowest BCUT2D eigenvalue weighted by Gasteiger charge is -2.10. The van der Waals surface area contributed by atoms with E-state index in [1.807, 2.05) is 0 Å². The molecule has 19 heteroatoms. The van der Waals surface area contributed by atoms with Gasteiger partial charge in [-0.3, -0.25) is 9.05 Å². The SMILES string of the molecule is COC(=O)/C=C/n1nnn(COP(=O)(O)OCn2nnn(/C=C/C(=O)OC)c2=O)c1=O. The normalized spacial score (nSPS) is 12.0. The fourth-order valence-corrected chi connectivity index (χ4v) is 2.20. The van der Waals surface area contributed by atoms with E-state index in [0.717, 1.165) is 38.8 Å². The van der Waals surface area contributed by atoms with Gasteiger partial charge in [-0.25, -0.2) is 23.7 Å². The Labute approximate surface area is 171 Å². The minimum Gasteiger partial charge on any atom is -0.466 e. The largest absolute Gasteiger partial charge is 0.475 e. The molecule has 0 spiro atoms. The van der Waals surface area contributed by atoms with Gasteiger partial charge in [0.05, 0.1) is 14.2 Å². The molecule has 2 rings (SSSR count). The van der Waals surface area contributed by atoms with Crippen LogP contribution in [0.4, 0.5) is 0 Å². The van der Waals surface area contributed by atoms with E-state index >= 15 is 0 Å². The number of carbonyl (C=O) groups is 2. The van der Waals surface area contributed by atoms with Gasteiger partial charge in [0.1, 0.15) is 0 Å². The van der Waals surface area contributed by atoms with Crippen molar-refractivity contribution >= 4 is 32.2 Å². The van der Waals surface area contributed by atoms with Crippen LogP contribution in [0.1, 0.15) is 0 Å². The van der Waals surface area contributed by atoms with Crippen LogP contribution in [0.3, 0.4) is 0 Å². The van der Waals surface area contributed by atoms with Crippen LogP contribution >= 0.6 is 7.82 Å². The summed E-state index contributed by atoms with van der Waals surface area (Å²) >= 11 is 0. The van der Waals surface area contributed by atoms with E-state index in [4.69, 9.17) is 0 Å². The minimum absolute atomic E-state index is 0.550. The number of tetrazole rings is 2. The number of phosphoric acid groups is 1. The summed E-state index contributed by atoms with van der Waals surface area (Å²) in [6.45, 7) is -1.69. The van der Waals surface area contributed by atoms with Crippen LogP contribution in [0.15, 0.2) is 21.7 Å². The molecular formula is C12H15N8O10P. The van der Waals surface area contributed by atoms with Gasteiger partial charge in [-0.1, -0.05) is 0 Å². The van der Waals surface area contributed by atoms with Gasteiger partial charge in [0.15, 0.2) is 13.5 Å². The number of rotatable bonds is 10. The zero-order chi connectivity index (χ0) is 23.0. The molecule has 0 fully saturated rings. The number of nitrogens with zero attached hydrogens (tertiary/aromatic N) is 8. The summed E-state index contributed by atoms with van der Waals surface area (Å²) in [6, 6.07) is 0. The summed E-state index contributed by atoms with van der Waals surface area (Å²) in [5.41, 5.74) is -1.81. The third-order valence-electron chi connectivity index (χ3n) is 3.11. The standard InChI is InChI=1S/C12H15N8O10P/c1-27-9(21)3-5-17-11(23)19(15-13-17)7-29-31(25,26)30-8-20-12(24)18(14-16-20)6-4-10(22)28-2/h3-6H,7-8H2,1-2H3,(H,25,26)/b5-3+,6-4+. The molecule has 0 radical (unpaired) electrons. The molecule has 2 heterocycles. The first-order valence-corrected chi connectivity index (χ1v) is 9.35. The maximum absolute atomic E-state index is 11.9. The van der Waals surface area contributed by atoms with E-state index in [1.54, 1.807) is 0 Å². The Morgan fingerprint density at radius 3 is 1.61 bits per heavy atom. The van der Waals surface area contributed by atoms with Gasteiger partial charge in [-0.15, -0.1) is 0 Å². The molecule has 0 aliphatic heterocycles. The number of carbonyl (C=O) groups excluding carboxylic acids is 2. The topological polar surface area (TPSA) is 214 Å². The highest BCUT2D eigenvalue weighted by Gasteiger charge is 2.23. The molecule has 0 aromatic carbocycles. The highest BCUT2D eigenvalue weighted by molar-refractivity contribution is 7.47. The average Bonchev–Trinajstić information content (AvgIpc) is 3.29. The lowest BCUT2D eigenvalue weighted by molar-refractivity contribution is -0.135. The molecule has 2 aromatic rings. The molecule has 2 aromatic heterocycles. The monoisotopic (exact) mass is 462 g/mol. The number of hydrogen-bond acceptors (Lipinski definition) is 13. The van der Waals surface area contributed by atoms with Gasteiger partial charge in [0, 0.05) is 24.6 Å². The van der Waals surface area contributed by atoms with Gasteiger partial charge >= 0.3 is 31.1 Å². The predicted octanol–water partition coefficient (Wildman–Crippen LogP) is -2.77. The third-order valence-corrected chi connectivity index (χ3v) is 4.00. The van der Waals surface area contributed by atoms with Crippen molar-refractivity contribution in [3.8, 4) is 0 Å².